The SMILES string of the molecule is Cc1ccc(F)c(C(=O)N2CCCC(N)C2)c1. The third kappa shape index (κ3) is 2.64. The number of likely N-dealkylation sites (tertiary alicyclic amines) is 1. The van der Waals surface area contributed by atoms with Gasteiger partial charge in [-0.1, -0.05) is 11.6 Å². The minimum absolute atomic E-state index is 0.0144. The normalized spacial score (nSPS) is 20.4. The molecular formula is C13H17FN2O. The molecular weight excluding hydrogens is 219 g/mol. The molecule has 0 bridgehead atoms. The molecule has 1 unspecified atom stereocenters. The second kappa shape index (κ2) is 4.84. The first-order chi connectivity index (χ1) is 8.08. The van der Waals surface area contributed by atoms with Crippen molar-refractivity contribution < 1.29 is 9.18 Å². The summed E-state index contributed by atoms with van der Waals surface area (Å²) < 4.78 is 13.6. The minimum atomic E-state index is -0.459. The van der Waals surface area contributed by atoms with Gasteiger partial charge in [-0.3, -0.25) is 4.79 Å². The van der Waals surface area contributed by atoms with Crippen molar-refractivity contribution in [1.29, 1.82) is 0 Å². The molecule has 2 N–H and O–H groups in total. The van der Waals surface area contributed by atoms with Crippen LogP contribution in [0.5, 0.6) is 0 Å². The largest absolute Gasteiger partial charge is 0.337 e. The smallest absolute Gasteiger partial charge is 0.256 e. The van der Waals surface area contributed by atoms with Crippen molar-refractivity contribution >= 4 is 5.91 Å². The maximum Gasteiger partial charge on any atom is 0.256 e. The lowest BCUT2D eigenvalue weighted by Gasteiger charge is -2.31. The van der Waals surface area contributed by atoms with Crippen LogP contribution >= 0.6 is 0 Å². The number of piperidine rings is 1. The van der Waals surface area contributed by atoms with Crippen molar-refractivity contribution in [2.45, 2.75) is 25.8 Å². The lowest BCUT2D eigenvalue weighted by molar-refractivity contribution is 0.0704. The molecule has 0 radical (unpaired) electrons. The van der Waals surface area contributed by atoms with Gasteiger partial charge in [-0.25, -0.2) is 4.39 Å². The Kier molecular flexibility index (Phi) is 3.43. The average molecular weight is 236 g/mol. The van der Waals surface area contributed by atoms with Gasteiger partial charge in [-0.05, 0) is 31.9 Å². The number of benzene rings is 1. The van der Waals surface area contributed by atoms with Crippen LogP contribution in [-0.4, -0.2) is 29.9 Å². The van der Waals surface area contributed by atoms with Crippen LogP contribution < -0.4 is 5.73 Å². The molecule has 1 aromatic rings. The summed E-state index contributed by atoms with van der Waals surface area (Å²) in [6.07, 6.45) is 1.82. The Morgan fingerprint density at radius 2 is 2.29 bits per heavy atom. The van der Waals surface area contributed by atoms with Gasteiger partial charge >= 0.3 is 0 Å². The first-order valence-electron chi connectivity index (χ1n) is 5.89. The topological polar surface area (TPSA) is 46.3 Å². The molecule has 92 valence electrons. The number of hydrogen-bond donors (Lipinski definition) is 1. The van der Waals surface area contributed by atoms with Crippen molar-refractivity contribution in [3.05, 3.63) is 35.1 Å². The third-order valence-corrected chi connectivity index (χ3v) is 3.10. The van der Waals surface area contributed by atoms with E-state index in [1.807, 2.05) is 6.92 Å². The lowest BCUT2D eigenvalue weighted by atomic mass is 10.0. The fraction of sp³-hybridized carbons (Fsp3) is 0.462. The zero-order chi connectivity index (χ0) is 12.4. The zero-order valence-corrected chi connectivity index (χ0v) is 9.95. The minimum Gasteiger partial charge on any atom is -0.337 e. The van der Waals surface area contributed by atoms with Gasteiger partial charge < -0.3 is 10.6 Å². The molecule has 1 amide bonds. The molecule has 4 heteroatoms. The first kappa shape index (κ1) is 12.0. The Morgan fingerprint density at radius 3 is 3.00 bits per heavy atom. The molecule has 2 rings (SSSR count). The van der Waals surface area contributed by atoms with Gasteiger partial charge in [0.25, 0.3) is 5.91 Å². The van der Waals surface area contributed by atoms with Gasteiger partial charge in [0.05, 0.1) is 5.56 Å². The Morgan fingerprint density at radius 1 is 1.53 bits per heavy atom. The van der Waals surface area contributed by atoms with Crippen molar-refractivity contribution in [1.82, 2.24) is 4.90 Å². The van der Waals surface area contributed by atoms with Crippen LogP contribution in [-0.2, 0) is 0 Å². The molecule has 1 atom stereocenters. The third-order valence-electron chi connectivity index (χ3n) is 3.10. The highest BCUT2D eigenvalue weighted by Crippen LogP contribution is 2.16. The number of hydrogen-bond acceptors (Lipinski definition) is 2. The molecule has 1 heterocycles. The summed E-state index contributed by atoms with van der Waals surface area (Å²) in [5.41, 5.74) is 6.86. The standard InChI is InChI=1S/C13H17FN2O/c1-9-4-5-12(14)11(7-9)13(17)16-6-2-3-10(15)8-16/h4-5,7,10H,2-3,6,8,15H2,1H3. The zero-order valence-electron chi connectivity index (χ0n) is 9.95. The van der Waals surface area contributed by atoms with Gasteiger partial charge in [0.1, 0.15) is 5.82 Å². The maximum atomic E-state index is 13.6. The molecule has 1 aliphatic rings. The molecule has 1 aromatic carbocycles. The molecule has 0 aliphatic carbocycles. The lowest BCUT2D eigenvalue weighted by Crippen LogP contribution is -2.45. The number of amides is 1. The maximum absolute atomic E-state index is 13.6. The molecule has 3 nitrogen and oxygen atoms in total. The summed E-state index contributed by atoms with van der Waals surface area (Å²) in [6.45, 7) is 3.03. The van der Waals surface area contributed by atoms with Crippen LogP contribution in [0.15, 0.2) is 18.2 Å². The molecule has 0 spiro atoms. The van der Waals surface area contributed by atoms with Crippen LogP contribution in [0.2, 0.25) is 0 Å². The summed E-state index contributed by atoms with van der Waals surface area (Å²) in [4.78, 5) is 13.8. The van der Waals surface area contributed by atoms with Crippen LogP contribution in [0.3, 0.4) is 0 Å². The Bertz CT molecular complexity index is 433. The van der Waals surface area contributed by atoms with E-state index in [4.69, 9.17) is 5.73 Å². The van der Waals surface area contributed by atoms with E-state index >= 15 is 0 Å². The Hall–Kier alpha value is -1.42. The van der Waals surface area contributed by atoms with E-state index in [1.165, 1.54) is 6.07 Å². The van der Waals surface area contributed by atoms with E-state index in [1.54, 1.807) is 17.0 Å². The monoisotopic (exact) mass is 236 g/mol. The van der Waals surface area contributed by atoms with Crippen LogP contribution in [0.25, 0.3) is 0 Å². The highest BCUT2D eigenvalue weighted by atomic mass is 19.1. The van der Waals surface area contributed by atoms with E-state index in [0.29, 0.717) is 13.1 Å². The fourth-order valence-electron chi connectivity index (χ4n) is 2.17. The molecule has 0 aromatic heterocycles. The number of carbonyl (C=O) groups excluding carboxylic acids is 1. The van der Waals surface area contributed by atoms with Gasteiger partial charge in [-0.2, -0.15) is 0 Å². The van der Waals surface area contributed by atoms with E-state index in [-0.39, 0.29) is 17.5 Å². The van der Waals surface area contributed by atoms with Crippen LogP contribution in [0.4, 0.5) is 4.39 Å². The predicted octanol–water partition coefficient (Wildman–Crippen LogP) is 1.70. The highest BCUT2D eigenvalue weighted by molar-refractivity contribution is 5.94. The summed E-state index contributed by atoms with van der Waals surface area (Å²) in [7, 11) is 0. The van der Waals surface area contributed by atoms with Crippen LogP contribution in [0.1, 0.15) is 28.8 Å². The molecule has 1 saturated heterocycles. The number of halogens is 1. The summed E-state index contributed by atoms with van der Waals surface area (Å²) in [5, 5.41) is 0. The molecule has 1 fully saturated rings. The number of carbonyl (C=O) groups is 1. The Labute approximate surface area is 100 Å². The number of nitrogens with two attached hydrogens (primary N) is 1. The summed E-state index contributed by atoms with van der Waals surface area (Å²) >= 11 is 0. The second-order valence-corrected chi connectivity index (χ2v) is 4.64. The number of rotatable bonds is 1. The quantitative estimate of drug-likeness (QED) is 0.806. The van der Waals surface area contributed by atoms with Gasteiger partial charge in [0.2, 0.25) is 0 Å². The van der Waals surface area contributed by atoms with E-state index in [0.717, 1.165) is 18.4 Å². The number of aryl methyl sites for hydroxylation is 1. The van der Waals surface area contributed by atoms with Gasteiger partial charge in [0, 0.05) is 19.1 Å². The molecule has 17 heavy (non-hydrogen) atoms. The van der Waals surface area contributed by atoms with Crippen molar-refractivity contribution in [3.8, 4) is 0 Å². The van der Waals surface area contributed by atoms with Crippen molar-refractivity contribution in [3.63, 3.8) is 0 Å². The predicted molar refractivity (Wildman–Crippen MR) is 64.2 cm³/mol. The summed E-state index contributed by atoms with van der Waals surface area (Å²) in [6, 6.07) is 4.61. The number of nitrogens with zero attached hydrogens (tertiary/aromatic N) is 1. The average Bonchev–Trinajstić information content (AvgIpc) is 2.31. The fourth-order valence-corrected chi connectivity index (χ4v) is 2.17. The summed E-state index contributed by atoms with van der Waals surface area (Å²) in [5.74, 6) is -0.707. The molecule has 1 aliphatic heterocycles. The van der Waals surface area contributed by atoms with E-state index in [9.17, 15) is 9.18 Å². The van der Waals surface area contributed by atoms with E-state index in [2.05, 4.69) is 0 Å². The highest BCUT2D eigenvalue weighted by Gasteiger charge is 2.24. The van der Waals surface area contributed by atoms with Crippen molar-refractivity contribution in [2.75, 3.05) is 13.1 Å². The second-order valence-electron chi connectivity index (χ2n) is 4.64. The molecule has 0 saturated carbocycles. The first-order valence-corrected chi connectivity index (χ1v) is 5.89. The van der Waals surface area contributed by atoms with Gasteiger partial charge in [-0.15, -0.1) is 0 Å². The van der Waals surface area contributed by atoms with E-state index < -0.39 is 5.82 Å². The van der Waals surface area contributed by atoms with Crippen molar-refractivity contribution in [2.24, 2.45) is 5.73 Å². The Balaban J connectivity index is 2.21. The van der Waals surface area contributed by atoms with Gasteiger partial charge in [0.15, 0.2) is 0 Å². The van der Waals surface area contributed by atoms with Crippen LogP contribution in [0, 0.1) is 12.7 Å².